The van der Waals surface area contributed by atoms with E-state index in [4.69, 9.17) is 19.2 Å². The first-order valence-electron chi connectivity index (χ1n) is 9.26. The number of hydrogen-bond acceptors (Lipinski definition) is 8. The minimum atomic E-state index is -3.14. The molecule has 5 rings (SSSR count). The van der Waals surface area contributed by atoms with Crippen LogP contribution in [-0.2, 0) is 14.6 Å². The van der Waals surface area contributed by atoms with E-state index in [9.17, 15) is 13.2 Å². The molecule has 0 unspecified atom stereocenters. The van der Waals surface area contributed by atoms with Crippen LogP contribution in [0.5, 0.6) is 0 Å². The van der Waals surface area contributed by atoms with Gasteiger partial charge >= 0.3 is 5.97 Å². The monoisotopic (exact) mass is 443 g/mol. The van der Waals surface area contributed by atoms with Crippen molar-refractivity contribution in [2.24, 2.45) is 0 Å². The Hall–Kier alpha value is -2.98. The molecule has 4 aromatic rings. The first-order chi connectivity index (χ1) is 14.5. The SMILES string of the molecule is COC(=O)c1cc(-c2ccco2)nc2c1c(-c1cccs1)nn2[C@H]1CCS(=O)(=O)C1. The van der Waals surface area contributed by atoms with Crippen LogP contribution in [0.4, 0.5) is 0 Å². The molecule has 0 spiro atoms. The quantitative estimate of drug-likeness (QED) is 0.444. The molecule has 5 heterocycles. The lowest BCUT2D eigenvalue weighted by Gasteiger charge is -2.10. The van der Waals surface area contributed by atoms with Crippen LogP contribution in [0.15, 0.2) is 46.4 Å². The summed E-state index contributed by atoms with van der Waals surface area (Å²) in [4.78, 5) is 18.3. The fourth-order valence-electron chi connectivity index (χ4n) is 3.77. The van der Waals surface area contributed by atoms with Crippen LogP contribution in [-0.4, -0.2) is 47.8 Å². The van der Waals surface area contributed by atoms with Crippen molar-refractivity contribution < 1.29 is 22.4 Å². The average Bonchev–Trinajstić information content (AvgIpc) is 3.51. The maximum atomic E-state index is 12.7. The van der Waals surface area contributed by atoms with E-state index in [0.29, 0.717) is 40.2 Å². The van der Waals surface area contributed by atoms with E-state index in [1.807, 2.05) is 17.5 Å². The summed E-state index contributed by atoms with van der Waals surface area (Å²) in [5.41, 5.74) is 1.79. The first-order valence-corrected chi connectivity index (χ1v) is 12.0. The fraction of sp³-hybridized carbons (Fsp3) is 0.250. The van der Waals surface area contributed by atoms with Crippen molar-refractivity contribution in [1.29, 1.82) is 0 Å². The van der Waals surface area contributed by atoms with E-state index in [-0.39, 0.29) is 17.5 Å². The highest BCUT2D eigenvalue weighted by Gasteiger charge is 2.33. The molecule has 1 aliphatic heterocycles. The van der Waals surface area contributed by atoms with Gasteiger partial charge in [-0.25, -0.2) is 22.9 Å². The Morgan fingerprint density at radius 1 is 1.33 bits per heavy atom. The van der Waals surface area contributed by atoms with Crippen LogP contribution in [0.1, 0.15) is 22.8 Å². The number of carbonyl (C=O) groups excluding carboxylic acids is 1. The van der Waals surface area contributed by atoms with Crippen LogP contribution < -0.4 is 0 Å². The third-order valence-corrected chi connectivity index (χ3v) is 7.78. The van der Waals surface area contributed by atoms with Gasteiger partial charge in [0.05, 0.1) is 46.7 Å². The molecule has 4 aromatic heterocycles. The van der Waals surface area contributed by atoms with Crippen molar-refractivity contribution in [3.63, 3.8) is 0 Å². The Balaban J connectivity index is 1.83. The van der Waals surface area contributed by atoms with Crippen LogP contribution in [0.25, 0.3) is 33.1 Å². The number of furan rings is 1. The van der Waals surface area contributed by atoms with Gasteiger partial charge in [0, 0.05) is 0 Å². The number of ether oxygens (including phenoxy) is 1. The molecule has 1 aliphatic rings. The molecule has 0 amide bonds. The normalized spacial score (nSPS) is 18.1. The van der Waals surface area contributed by atoms with Crippen LogP contribution in [0, 0.1) is 0 Å². The predicted molar refractivity (Wildman–Crippen MR) is 112 cm³/mol. The first kappa shape index (κ1) is 19.0. The lowest BCUT2D eigenvalue weighted by atomic mass is 10.1. The van der Waals surface area contributed by atoms with Crippen molar-refractivity contribution in [3.8, 4) is 22.0 Å². The van der Waals surface area contributed by atoms with Crippen LogP contribution in [0.3, 0.4) is 0 Å². The van der Waals surface area contributed by atoms with Gasteiger partial charge in [0.15, 0.2) is 21.2 Å². The standard InChI is InChI=1S/C20H17N3O5S2/c1-27-20(24)13-10-14(15-4-2-7-28-15)21-19-17(13)18(16-5-3-8-29-16)22-23(19)12-6-9-30(25,26)11-12/h2-5,7-8,10,12H,6,9,11H2,1H3/t12-/m0/s1. The van der Waals surface area contributed by atoms with Crippen LogP contribution >= 0.6 is 11.3 Å². The van der Waals surface area contributed by atoms with Crippen molar-refractivity contribution in [2.45, 2.75) is 12.5 Å². The van der Waals surface area contributed by atoms with Crippen molar-refractivity contribution in [3.05, 3.63) is 47.5 Å². The number of aromatic nitrogens is 3. The summed E-state index contributed by atoms with van der Waals surface area (Å²) in [5, 5.41) is 7.21. The summed E-state index contributed by atoms with van der Waals surface area (Å²) in [7, 11) is -1.82. The molecule has 1 atom stereocenters. The molecule has 0 aliphatic carbocycles. The zero-order valence-corrected chi connectivity index (χ0v) is 17.6. The minimum Gasteiger partial charge on any atom is -0.465 e. The molecule has 8 nitrogen and oxygen atoms in total. The molecule has 0 saturated carbocycles. The molecule has 10 heteroatoms. The van der Waals surface area contributed by atoms with Crippen molar-refractivity contribution in [2.75, 3.05) is 18.6 Å². The number of fused-ring (bicyclic) bond motifs is 1. The zero-order valence-electron chi connectivity index (χ0n) is 15.9. The van der Waals surface area contributed by atoms with Gasteiger partial charge in [0.1, 0.15) is 11.4 Å². The van der Waals surface area contributed by atoms with Gasteiger partial charge in [-0.05, 0) is 36.1 Å². The number of thiophene rings is 1. The van der Waals surface area contributed by atoms with Gasteiger partial charge in [0.2, 0.25) is 0 Å². The number of carbonyl (C=O) groups is 1. The average molecular weight is 444 g/mol. The van der Waals surface area contributed by atoms with E-state index in [0.717, 1.165) is 4.88 Å². The predicted octanol–water partition coefficient (Wildman–Crippen LogP) is 3.57. The van der Waals surface area contributed by atoms with Crippen molar-refractivity contribution >= 4 is 38.2 Å². The van der Waals surface area contributed by atoms with E-state index in [1.54, 1.807) is 22.9 Å². The van der Waals surface area contributed by atoms with Gasteiger partial charge in [-0.1, -0.05) is 6.07 Å². The number of hydrogen-bond donors (Lipinski definition) is 0. The Labute approximate surface area is 176 Å². The van der Waals surface area contributed by atoms with Gasteiger partial charge in [-0.15, -0.1) is 11.3 Å². The molecule has 0 N–H and O–H groups in total. The smallest absolute Gasteiger partial charge is 0.338 e. The highest BCUT2D eigenvalue weighted by atomic mass is 32.2. The molecule has 0 aromatic carbocycles. The molecule has 0 bridgehead atoms. The third-order valence-electron chi connectivity index (χ3n) is 5.15. The number of esters is 1. The second-order valence-corrected chi connectivity index (χ2v) is 10.2. The van der Waals surface area contributed by atoms with Crippen molar-refractivity contribution in [1.82, 2.24) is 14.8 Å². The molecule has 0 radical (unpaired) electrons. The van der Waals surface area contributed by atoms with Crippen LogP contribution in [0.2, 0.25) is 0 Å². The lowest BCUT2D eigenvalue weighted by molar-refractivity contribution is 0.0603. The van der Waals surface area contributed by atoms with E-state index in [1.165, 1.54) is 24.7 Å². The summed E-state index contributed by atoms with van der Waals surface area (Å²) in [6.07, 6.45) is 1.97. The van der Waals surface area contributed by atoms with E-state index < -0.39 is 15.8 Å². The minimum absolute atomic E-state index is 0.00607. The topological polar surface area (TPSA) is 104 Å². The maximum absolute atomic E-state index is 12.7. The molecular weight excluding hydrogens is 426 g/mol. The Morgan fingerprint density at radius 3 is 2.83 bits per heavy atom. The Kier molecular flexibility index (Phi) is 4.48. The highest BCUT2D eigenvalue weighted by Crippen LogP contribution is 2.37. The molecular formula is C20H17N3O5S2. The second-order valence-electron chi connectivity index (χ2n) is 7.05. The Morgan fingerprint density at radius 2 is 2.20 bits per heavy atom. The summed E-state index contributed by atoms with van der Waals surface area (Å²) >= 11 is 1.48. The molecule has 1 saturated heterocycles. The van der Waals surface area contributed by atoms with Gasteiger partial charge in [-0.2, -0.15) is 5.10 Å². The number of sulfone groups is 1. The zero-order chi connectivity index (χ0) is 20.9. The van der Waals surface area contributed by atoms with Gasteiger partial charge in [0.25, 0.3) is 0 Å². The number of pyridine rings is 1. The lowest BCUT2D eigenvalue weighted by Crippen LogP contribution is -2.13. The summed E-state index contributed by atoms with van der Waals surface area (Å²) in [5.74, 6) is 0.0707. The van der Waals surface area contributed by atoms with E-state index >= 15 is 0 Å². The summed E-state index contributed by atoms with van der Waals surface area (Å²) in [6, 6.07) is 8.56. The second kappa shape index (κ2) is 7.06. The van der Waals surface area contributed by atoms with E-state index in [2.05, 4.69) is 0 Å². The third kappa shape index (κ3) is 3.12. The van der Waals surface area contributed by atoms with Gasteiger partial charge < -0.3 is 9.15 Å². The molecule has 154 valence electrons. The highest BCUT2D eigenvalue weighted by molar-refractivity contribution is 7.91. The summed E-state index contributed by atoms with van der Waals surface area (Å²) in [6.45, 7) is 0. The number of methoxy groups -OCH3 is 1. The Bertz CT molecular complexity index is 1340. The molecule has 1 fully saturated rings. The summed E-state index contributed by atoms with van der Waals surface area (Å²) < 4.78 is 36.4. The number of nitrogens with zero attached hydrogens (tertiary/aromatic N) is 3. The fourth-order valence-corrected chi connectivity index (χ4v) is 6.17. The maximum Gasteiger partial charge on any atom is 0.338 e. The molecule has 30 heavy (non-hydrogen) atoms. The van der Waals surface area contributed by atoms with Gasteiger partial charge in [-0.3, -0.25) is 0 Å². The largest absolute Gasteiger partial charge is 0.465 e. The number of rotatable bonds is 4.